The summed E-state index contributed by atoms with van der Waals surface area (Å²) in [6.45, 7) is 10.9. The lowest BCUT2D eigenvalue weighted by molar-refractivity contribution is 0.110. The molecular formula is C20H33BrO. The maximum atomic E-state index is 10.7. The van der Waals surface area contributed by atoms with Crippen molar-refractivity contribution in [2.45, 2.75) is 77.2 Å². The first-order valence-electron chi connectivity index (χ1n) is 8.59. The van der Waals surface area contributed by atoms with Crippen LogP contribution in [0.1, 0.15) is 66.7 Å². The van der Waals surface area contributed by atoms with Crippen molar-refractivity contribution in [1.82, 2.24) is 0 Å². The first-order chi connectivity index (χ1) is 10.2. The van der Waals surface area contributed by atoms with E-state index in [0.29, 0.717) is 11.8 Å². The van der Waals surface area contributed by atoms with Crippen molar-refractivity contribution < 1.29 is 5.11 Å². The van der Waals surface area contributed by atoms with E-state index in [-0.39, 0.29) is 4.83 Å². The van der Waals surface area contributed by atoms with Crippen LogP contribution >= 0.6 is 15.9 Å². The van der Waals surface area contributed by atoms with Crippen molar-refractivity contribution in [1.29, 1.82) is 0 Å². The third-order valence-corrected chi connectivity index (χ3v) is 6.05. The standard InChI is InChI=1S/C20H33BrO/c1-15(2)18-11-9-16(3)7-6-8-17(4)10-12-19(21)20(5,22)14-13-18/h7,10,13-15,18-19,22H,6,8-9,11-12H2,1-5H3/b14-13+,16-7+,17-10+/t18-,19-,20-/m1/s1. The number of alkyl halides is 1. The third kappa shape index (κ3) is 6.83. The number of aliphatic hydroxyl groups is 1. The van der Waals surface area contributed by atoms with Gasteiger partial charge in [0.05, 0.1) is 10.4 Å². The second-order valence-corrected chi connectivity index (χ2v) is 8.48. The Balaban J connectivity index is 2.98. The summed E-state index contributed by atoms with van der Waals surface area (Å²) in [4.78, 5) is 0.0548. The summed E-state index contributed by atoms with van der Waals surface area (Å²) in [6.07, 6.45) is 14.3. The Morgan fingerprint density at radius 1 is 1.18 bits per heavy atom. The van der Waals surface area contributed by atoms with Crippen LogP contribution in [0.3, 0.4) is 0 Å². The van der Waals surface area contributed by atoms with Crippen LogP contribution in [0.2, 0.25) is 0 Å². The molecule has 0 aromatic heterocycles. The van der Waals surface area contributed by atoms with Gasteiger partial charge in [-0.25, -0.2) is 0 Å². The number of hydrogen-bond donors (Lipinski definition) is 1. The van der Waals surface area contributed by atoms with Crippen molar-refractivity contribution in [3.63, 3.8) is 0 Å². The van der Waals surface area contributed by atoms with E-state index < -0.39 is 5.60 Å². The fourth-order valence-corrected chi connectivity index (χ4v) is 3.10. The van der Waals surface area contributed by atoms with Gasteiger partial charge in [0.15, 0.2) is 0 Å². The van der Waals surface area contributed by atoms with Crippen molar-refractivity contribution >= 4 is 15.9 Å². The molecule has 0 fully saturated rings. The summed E-state index contributed by atoms with van der Waals surface area (Å²) < 4.78 is 0. The van der Waals surface area contributed by atoms with Gasteiger partial charge in [0.2, 0.25) is 0 Å². The van der Waals surface area contributed by atoms with Crippen LogP contribution in [0, 0.1) is 11.8 Å². The number of hydrogen-bond acceptors (Lipinski definition) is 1. The van der Waals surface area contributed by atoms with Crippen molar-refractivity contribution in [3.05, 3.63) is 35.5 Å². The molecule has 3 atom stereocenters. The molecule has 0 bridgehead atoms. The second-order valence-electron chi connectivity index (χ2n) is 7.37. The highest BCUT2D eigenvalue weighted by Crippen LogP contribution is 2.28. The van der Waals surface area contributed by atoms with E-state index in [9.17, 15) is 5.11 Å². The number of rotatable bonds is 1. The Kier molecular flexibility index (Phi) is 8.13. The Morgan fingerprint density at radius 3 is 2.45 bits per heavy atom. The van der Waals surface area contributed by atoms with Crippen LogP contribution in [0.4, 0.5) is 0 Å². The quantitative estimate of drug-likeness (QED) is 0.432. The van der Waals surface area contributed by atoms with Gasteiger partial charge in [0, 0.05) is 0 Å². The molecule has 0 saturated heterocycles. The predicted molar refractivity (Wildman–Crippen MR) is 101 cm³/mol. The Bertz CT molecular complexity index is 429. The van der Waals surface area contributed by atoms with Gasteiger partial charge in [0.25, 0.3) is 0 Å². The van der Waals surface area contributed by atoms with Crippen molar-refractivity contribution in [3.8, 4) is 0 Å². The summed E-state index contributed by atoms with van der Waals surface area (Å²) in [5.41, 5.74) is 2.10. The first-order valence-corrected chi connectivity index (χ1v) is 9.51. The molecule has 0 amide bonds. The van der Waals surface area contributed by atoms with Gasteiger partial charge in [0.1, 0.15) is 0 Å². The molecule has 1 N–H and O–H groups in total. The lowest BCUT2D eigenvalue weighted by Gasteiger charge is -2.27. The van der Waals surface area contributed by atoms with Gasteiger partial charge in [-0.1, -0.05) is 65.2 Å². The number of allylic oxidation sites excluding steroid dienone is 5. The molecule has 0 heterocycles. The zero-order valence-corrected chi connectivity index (χ0v) is 16.5. The van der Waals surface area contributed by atoms with Gasteiger partial charge in [-0.05, 0) is 64.7 Å². The summed E-state index contributed by atoms with van der Waals surface area (Å²) in [5.74, 6) is 1.12. The highest BCUT2D eigenvalue weighted by Gasteiger charge is 2.26. The SMILES string of the molecule is C/C1=C\C[C@@H](Br)[C@](C)(O)/C=C/[C@H](C(C)C)CC/C(C)=C/CC1. The van der Waals surface area contributed by atoms with Gasteiger partial charge in [-0.2, -0.15) is 0 Å². The minimum atomic E-state index is -0.807. The van der Waals surface area contributed by atoms with Crippen LogP contribution in [-0.4, -0.2) is 15.5 Å². The van der Waals surface area contributed by atoms with E-state index in [2.05, 4.69) is 61.9 Å². The highest BCUT2D eigenvalue weighted by atomic mass is 79.9. The molecular weight excluding hydrogens is 336 g/mol. The number of halogens is 1. The van der Waals surface area contributed by atoms with Crippen molar-refractivity contribution in [2.24, 2.45) is 11.8 Å². The largest absolute Gasteiger partial charge is 0.385 e. The fraction of sp³-hybridized carbons (Fsp3) is 0.700. The minimum absolute atomic E-state index is 0.0548. The molecule has 1 aliphatic rings. The van der Waals surface area contributed by atoms with Crippen LogP contribution < -0.4 is 0 Å². The molecule has 0 aromatic rings. The smallest absolute Gasteiger partial charge is 0.0927 e. The maximum absolute atomic E-state index is 10.7. The fourth-order valence-electron chi connectivity index (χ4n) is 2.76. The van der Waals surface area contributed by atoms with Crippen LogP contribution in [-0.2, 0) is 0 Å². The van der Waals surface area contributed by atoms with Crippen LogP contribution in [0.15, 0.2) is 35.5 Å². The van der Waals surface area contributed by atoms with Gasteiger partial charge >= 0.3 is 0 Å². The average Bonchev–Trinajstić information content (AvgIpc) is 2.43. The summed E-state index contributed by atoms with van der Waals surface area (Å²) in [7, 11) is 0. The van der Waals surface area contributed by atoms with E-state index >= 15 is 0 Å². The zero-order valence-electron chi connectivity index (χ0n) is 14.9. The van der Waals surface area contributed by atoms with Crippen LogP contribution in [0.5, 0.6) is 0 Å². The minimum Gasteiger partial charge on any atom is -0.385 e. The van der Waals surface area contributed by atoms with E-state index in [1.54, 1.807) is 0 Å². The lowest BCUT2D eigenvalue weighted by Crippen LogP contribution is -2.32. The Hall–Kier alpha value is -0.340. The molecule has 1 aliphatic carbocycles. The van der Waals surface area contributed by atoms with Gasteiger partial charge < -0.3 is 5.11 Å². The van der Waals surface area contributed by atoms with Gasteiger partial charge in [-0.3, -0.25) is 0 Å². The lowest BCUT2D eigenvalue weighted by atomic mass is 9.87. The molecule has 0 aliphatic heterocycles. The molecule has 0 saturated carbocycles. The Labute approximate surface area is 145 Å². The average molecular weight is 369 g/mol. The van der Waals surface area contributed by atoms with Crippen molar-refractivity contribution in [2.75, 3.05) is 0 Å². The maximum Gasteiger partial charge on any atom is 0.0927 e. The molecule has 22 heavy (non-hydrogen) atoms. The molecule has 0 spiro atoms. The molecule has 126 valence electrons. The first kappa shape index (κ1) is 19.7. The highest BCUT2D eigenvalue weighted by molar-refractivity contribution is 9.09. The molecule has 0 unspecified atom stereocenters. The monoisotopic (exact) mass is 368 g/mol. The summed E-state index contributed by atoms with van der Waals surface area (Å²) >= 11 is 3.67. The Morgan fingerprint density at radius 2 is 1.82 bits per heavy atom. The third-order valence-electron chi connectivity index (χ3n) is 4.75. The molecule has 1 rings (SSSR count). The van der Waals surface area contributed by atoms with E-state index in [1.165, 1.54) is 11.1 Å². The van der Waals surface area contributed by atoms with E-state index in [0.717, 1.165) is 32.1 Å². The molecule has 0 radical (unpaired) electrons. The summed E-state index contributed by atoms with van der Waals surface area (Å²) in [5, 5.41) is 10.7. The zero-order chi connectivity index (χ0) is 16.8. The molecule has 0 aromatic carbocycles. The molecule has 2 heteroatoms. The summed E-state index contributed by atoms with van der Waals surface area (Å²) in [6, 6.07) is 0. The van der Waals surface area contributed by atoms with E-state index in [4.69, 9.17) is 0 Å². The second kappa shape index (κ2) is 9.08. The normalized spacial score (nSPS) is 38.5. The topological polar surface area (TPSA) is 20.2 Å². The van der Waals surface area contributed by atoms with E-state index in [1.807, 2.05) is 13.0 Å². The van der Waals surface area contributed by atoms with Crippen LogP contribution in [0.25, 0.3) is 0 Å². The van der Waals surface area contributed by atoms with Gasteiger partial charge in [-0.15, -0.1) is 0 Å². The molecule has 1 nitrogen and oxygen atoms in total. The predicted octanol–water partition coefficient (Wildman–Crippen LogP) is 6.19.